The predicted octanol–water partition coefficient (Wildman–Crippen LogP) is 3.23. The number of hydrogen-bond donors (Lipinski definition) is 1. The lowest BCUT2D eigenvalue weighted by Gasteiger charge is -2.27. The van der Waals surface area contributed by atoms with E-state index in [4.69, 9.17) is 0 Å². The maximum Gasteiger partial charge on any atom is 0.182 e. The summed E-state index contributed by atoms with van der Waals surface area (Å²) >= 11 is 3.71. The van der Waals surface area contributed by atoms with E-state index in [2.05, 4.69) is 16.6 Å². The second kappa shape index (κ2) is 5.03. The number of hydrogen-bond acceptors (Lipinski definition) is 4. The molecule has 1 aromatic rings. The normalized spacial score (nSPS) is 27.5. The molecule has 0 bridgehead atoms. The van der Waals surface area contributed by atoms with Crippen molar-refractivity contribution >= 4 is 28.2 Å². The molecule has 0 aliphatic heterocycles. The third kappa shape index (κ3) is 2.64. The van der Waals surface area contributed by atoms with Gasteiger partial charge < -0.3 is 5.32 Å². The molecule has 0 spiro atoms. The molecule has 78 valence electrons. The smallest absolute Gasteiger partial charge is 0.182 e. The molecular weight excluding hydrogens is 212 g/mol. The first-order valence-electron chi connectivity index (χ1n) is 5.07. The Hall–Kier alpha value is -0.220. The van der Waals surface area contributed by atoms with E-state index in [1.54, 1.807) is 11.3 Å². The molecule has 2 nitrogen and oxygen atoms in total. The Kier molecular flexibility index (Phi) is 3.70. The van der Waals surface area contributed by atoms with E-state index < -0.39 is 0 Å². The first kappa shape index (κ1) is 10.3. The highest BCUT2D eigenvalue weighted by Gasteiger charge is 2.20. The fourth-order valence-corrected chi connectivity index (χ4v) is 3.26. The zero-order valence-corrected chi connectivity index (χ0v) is 10.0. The van der Waals surface area contributed by atoms with Gasteiger partial charge in [-0.05, 0) is 31.9 Å². The first-order chi connectivity index (χ1) is 6.88. The zero-order chi connectivity index (χ0) is 9.80. The van der Waals surface area contributed by atoms with Crippen LogP contribution in [-0.2, 0) is 0 Å². The third-order valence-electron chi connectivity index (χ3n) is 2.77. The van der Waals surface area contributed by atoms with Gasteiger partial charge >= 0.3 is 0 Å². The van der Waals surface area contributed by atoms with E-state index in [-0.39, 0.29) is 0 Å². The summed E-state index contributed by atoms with van der Waals surface area (Å²) in [5, 5.41) is 7.50. The molecule has 0 saturated heterocycles. The van der Waals surface area contributed by atoms with Crippen LogP contribution in [0.2, 0.25) is 0 Å². The second-order valence-electron chi connectivity index (χ2n) is 3.69. The summed E-state index contributed by atoms with van der Waals surface area (Å²) in [6.45, 7) is 0. The number of aromatic nitrogens is 1. The zero-order valence-electron chi connectivity index (χ0n) is 8.40. The van der Waals surface area contributed by atoms with Crippen molar-refractivity contribution in [2.24, 2.45) is 0 Å². The number of anilines is 1. The Balaban J connectivity index is 1.79. The van der Waals surface area contributed by atoms with Gasteiger partial charge in [-0.25, -0.2) is 4.98 Å². The highest BCUT2D eigenvalue weighted by molar-refractivity contribution is 7.99. The van der Waals surface area contributed by atoms with Crippen LogP contribution in [0, 0.1) is 0 Å². The highest BCUT2D eigenvalue weighted by atomic mass is 32.2. The Morgan fingerprint density at radius 1 is 1.43 bits per heavy atom. The molecular formula is C10H16N2S2. The van der Waals surface area contributed by atoms with Crippen LogP contribution >= 0.6 is 23.1 Å². The molecule has 1 aromatic heterocycles. The fraction of sp³-hybridized carbons (Fsp3) is 0.700. The van der Waals surface area contributed by atoms with Gasteiger partial charge in [0.05, 0.1) is 0 Å². The molecule has 0 atom stereocenters. The molecule has 1 heterocycles. The van der Waals surface area contributed by atoms with Crippen LogP contribution in [0.5, 0.6) is 0 Å². The van der Waals surface area contributed by atoms with Gasteiger partial charge in [-0.2, -0.15) is 11.8 Å². The molecule has 14 heavy (non-hydrogen) atoms. The largest absolute Gasteiger partial charge is 0.359 e. The molecule has 0 aromatic carbocycles. The molecule has 0 amide bonds. The lowest BCUT2D eigenvalue weighted by Crippen LogP contribution is -2.26. The number of thiazole rings is 1. The number of rotatable bonds is 3. The lowest BCUT2D eigenvalue weighted by atomic mass is 9.95. The Morgan fingerprint density at radius 3 is 2.79 bits per heavy atom. The maximum absolute atomic E-state index is 4.25. The van der Waals surface area contributed by atoms with E-state index in [0.717, 1.165) is 10.4 Å². The van der Waals surface area contributed by atoms with Crippen LogP contribution in [0.3, 0.4) is 0 Å². The summed E-state index contributed by atoms with van der Waals surface area (Å²) < 4.78 is 0. The van der Waals surface area contributed by atoms with Crippen molar-refractivity contribution in [3.63, 3.8) is 0 Å². The number of nitrogens with one attached hydrogen (secondary N) is 1. The summed E-state index contributed by atoms with van der Waals surface area (Å²) in [5.74, 6) is 0. The quantitative estimate of drug-likeness (QED) is 0.860. The van der Waals surface area contributed by atoms with Gasteiger partial charge in [-0.3, -0.25) is 0 Å². The second-order valence-corrected chi connectivity index (χ2v) is 5.72. The van der Waals surface area contributed by atoms with Crippen LogP contribution in [0.4, 0.5) is 5.13 Å². The van der Waals surface area contributed by atoms with Crippen LogP contribution in [0.15, 0.2) is 11.6 Å². The van der Waals surface area contributed by atoms with Crippen molar-refractivity contribution < 1.29 is 0 Å². The van der Waals surface area contributed by atoms with Crippen LogP contribution in [0.25, 0.3) is 0 Å². The van der Waals surface area contributed by atoms with Gasteiger partial charge in [-0.1, -0.05) is 0 Å². The van der Waals surface area contributed by atoms with Crippen molar-refractivity contribution in [3.05, 3.63) is 11.6 Å². The van der Waals surface area contributed by atoms with Crippen molar-refractivity contribution in [2.45, 2.75) is 37.0 Å². The van der Waals surface area contributed by atoms with Gasteiger partial charge in [-0.15, -0.1) is 11.3 Å². The van der Waals surface area contributed by atoms with Crippen LogP contribution in [-0.4, -0.2) is 22.5 Å². The van der Waals surface area contributed by atoms with Crippen LogP contribution in [0.1, 0.15) is 25.7 Å². The van der Waals surface area contributed by atoms with E-state index in [1.807, 2.05) is 23.3 Å². The molecule has 1 saturated carbocycles. The molecule has 1 N–H and O–H groups in total. The minimum Gasteiger partial charge on any atom is -0.359 e. The van der Waals surface area contributed by atoms with Gasteiger partial charge in [0.1, 0.15) is 0 Å². The first-order valence-corrected chi connectivity index (χ1v) is 7.24. The van der Waals surface area contributed by atoms with Gasteiger partial charge in [0.25, 0.3) is 0 Å². The number of thioether (sulfide) groups is 1. The van der Waals surface area contributed by atoms with Crippen LogP contribution < -0.4 is 5.32 Å². The van der Waals surface area contributed by atoms with E-state index >= 15 is 0 Å². The average molecular weight is 228 g/mol. The lowest BCUT2D eigenvalue weighted by molar-refractivity contribution is 0.473. The maximum atomic E-state index is 4.25. The molecule has 1 aliphatic carbocycles. The molecule has 1 fully saturated rings. The summed E-state index contributed by atoms with van der Waals surface area (Å²) in [7, 11) is 0. The predicted molar refractivity (Wildman–Crippen MR) is 65.3 cm³/mol. The Morgan fingerprint density at radius 2 is 2.21 bits per heavy atom. The molecule has 1 aliphatic rings. The molecule has 4 heteroatoms. The summed E-state index contributed by atoms with van der Waals surface area (Å²) in [6, 6.07) is 0.657. The fourth-order valence-electron chi connectivity index (χ4n) is 1.91. The Bertz CT molecular complexity index is 253. The molecule has 0 unspecified atom stereocenters. The summed E-state index contributed by atoms with van der Waals surface area (Å²) in [6.07, 6.45) is 9.38. The minimum atomic E-state index is 0.657. The van der Waals surface area contributed by atoms with Gasteiger partial charge in [0, 0.05) is 22.9 Å². The monoisotopic (exact) mass is 228 g/mol. The van der Waals surface area contributed by atoms with Crippen molar-refractivity contribution in [3.8, 4) is 0 Å². The highest BCUT2D eigenvalue weighted by Crippen LogP contribution is 2.28. The third-order valence-corrected chi connectivity index (χ3v) is 4.61. The standard InChI is InChI=1S/C10H16N2S2/c1-13-9-4-2-8(3-5-9)12-10-11-6-7-14-10/h6-9H,2-5H2,1H3,(H,11,12). The summed E-state index contributed by atoms with van der Waals surface area (Å²) in [5.41, 5.74) is 0. The van der Waals surface area contributed by atoms with Crippen molar-refractivity contribution in [2.75, 3.05) is 11.6 Å². The van der Waals surface area contributed by atoms with E-state index in [0.29, 0.717) is 6.04 Å². The minimum absolute atomic E-state index is 0.657. The topological polar surface area (TPSA) is 24.9 Å². The van der Waals surface area contributed by atoms with Crippen molar-refractivity contribution in [1.82, 2.24) is 4.98 Å². The van der Waals surface area contributed by atoms with E-state index in [1.165, 1.54) is 25.7 Å². The SMILES string of the molecule is CSC1CCC(Nc2nccs2)CC1. The van der Waals surface area contributed by atoms with E-state index in [9.17, 15) is 0 Å². The van der Waals surface area contributed by atoms with Crippen molar-refractivity contribution in [1.29, 1.82) is 0 Å². The Labute approximate surface area is 93.5 Å². The van der Waals surface area contributed by atoms with Gasteiger partial charge in [0.2, 0.25) is 0 Å². The van der Waals surface area contributed by atoms with Gasteiger partial charge in [0.15, 0.2) is 5.13 Å². The molecule has 2 rings (SSSR count). The molecule has 0 radical (unpaired) electrons. The number of nitrogens with zero attached hydrogens (tertiary/aromatic N) is 1. The summed E-state index contributed by atoms with van der Waals surface area (Å²) in [4.78, 5) is 4.25. The average Bonchev–Trinajstić information content (AvgIpc) is 2.72.